The molecule has 4 heteroatoms. The minimum absolute atomic E-state index is 0.379. The Kier molecular flexibility index (Phi) is 5.82. The minimum Gasteiger partial charge on any atom is -0.383 e. The molecular weight excluding hydrogens is 228 g/mol. The summed E-state index contributed by atoms with van der Waals surface area (Å²) in [6, 6.07) is 0.759. The van der Waals surface area contributed by atoms with Gasteiger partial charge in [0.2, 0.25) is 0 Å². The van der Waals surface area contributed by atoms with Gasteiger partial charge in [0, 0.05) is 24.8 Å². The first kappa shape index (κ1) is 15.2. The molecule has 1 heterocycles. The van der Waals surface area contributed by atoms with Crippen LogP contribution < -0.4 is 5.32 Å². The maximum Gasteiger partial charge on any atom is 0.137 e. The Hall–Kier alpha value is -0.870. The molecule has 2 unspecified atom stereocenters. The normalized spacial score (nSPS) is 15.1. The standard InChI is InChI=1S/C14H26N2O2/c1-9(2)14(8-17-6)15-10(3)7-13-11(4)16-18-12(13)5/h9-10,14-15H,7-8H2,1-6H3. The van der Waals surface area contributed by atoms with Gasteiger partial charge in [0.05, 0.1) is 12.3 Å². The van der Waals surface area contributed by atoms with Crippen LogP contribution in [-0.2, 0) is 11.2 Å². The number of hydrogen-bond acceptors (Lipinski definition) is 4. The van der Waals surface area contributed by atoms with Gasteiger partial charge in [-0.1, -0.05) is 19.0 Å². The Morgan fingerprint density at radius 3 is 2.39 bits per heavy atom. The van der Waals surface area contributed by atoms with E-state index in [9.17, 15) is 0 Å². The van der Waals surface area contributed by atoms with E-state index in [0.717, 1.165) is 24.5 Å². The van der Waals surface area contributed by atoms with Crippen LogP contribution in [0.25, 0.3) is 0 Å². The molecule has 0 aliphatic rings. The lowest BCUT2D eigenvalue weighted by Crippen LogP contribution is -2.43. The molecule has 0 aliphatic heterocycles. The van der Waals surface area contributed by atoms with Crippen molar-refractivity contribution in [1.82, 2.24) is 10.5 Å². The van der Waals surface area contributed by atoms with Crippen molar-refractivity contribution in [1.29, 1.82) is 0 Å². The highest BCUT2D eigenvalue weighted by atomic mass is 16.5. The molecule has 4 nitrogen and oxygen atoms in total. The van der Waals surface area contributed by atoms with E-state index in [-0.39, 0.29) is 0 Å². The molecule has 0 aliphatic carbocycles. The van der Waals surface area contributed by atoms with Gasteiger partial charge in [-0.25, -0.2) is 0 Å². The lowest BCUT2D eigenvalue weighted by molar-refractivity contribution is 0.141. The number of nitrogens with zero attached hydrogens (tertiary/aromatic N) is 1. The highest BCUT2D eigenvalue weighted by molar-refractivity contribution is 5.21. The molecule has 0 amide bonds. The highest BCUT2D eigenvalue weighted by Gasteiger charge is 2.18. The van der Waals surface area contributed by atoms with Crippen molar-refractivity contribution in [3.63, 3.8) is 0 Å². The van der Waals surface area contributed by atoms with Crippen LogP contribution >= 0.6 is 0 Å². The third-order valence-electron chi connectivity index (χ3n) is 3.34. The Morgan fingerprint density at radius 1 is 1.28 bits per heavy atom. The number of rotatable bonds is 7. The quantitative estimate of drug-likeness (QED) is 0.812. The average Bonchev–Trinajstić information content (AvgIpc) is 2.60. The van der Waals surface area contributed by atoms with Gasteiger partial charge in [0.15, 0.2) is 0 Å². The van der Waals surface area contributed by atoms with Crippen LogP contribution in [0.1, 0.15) is 37.8 Å². The fourth-order valence-corrected chi connectivity index (χ4v) is 2.14. The van der Waals surface area contributed by atoms with E-state index in [1.807, 2.05) is 13.8 Å². The van der Waals surface area contributed by atoms with E-state index in [1.165, 1.54) is 5.56 Å². The fraction of sp³-hybridized carbons (Fsp3) is 0.786. The van der Waals surface area contributed by atoms with E-state index in [0.29, 0.717) is 18.0 Å². The molecule has 0 saturated heterocycles. The summed E-state index contributed by atoms with van der Waals surface area (Å²) in [5.41, 5.74) is 2.21. The molecule has 0 aromatic carbocycles. The van der Waals surface area contributed by atoms with Crippen LogP contribution in [0.3, 0.4) is 0 Å². The van der Waals surface area contributed by atoms with Crippen molar-refractivity contribution in [3.8, 4) is 0 Å². The van der Waals surface area contributed by atoms with Crippen LogP contribution in [0.4, 0.5) is 0 Å². The van der Waals surface area contributed by atoms with Gasteiger partial charge in [-0.2, -0.15) is 0 Å². The Balaban J connectivity index is 2.57. The Bertz CT molecular complexity index is 341. The summed E-state index contributed by atoms with van der Waals surface area (Å²) in [5.74, 6) is 1.48. The van der Waals surface area contributed by atoms with Gasteiger partial charge in [-0.3, -0.25) is 0 Å². The second kappa shape index (κ2) is 6.90. The molecule has 1 N–H and O–H groups in total. The number of methoxy groups -OCH3 is 1. The largest absolute Gasteiger partial charge is 0.383 e. The third-order valence-corrected chi connectivity index (χ3v) is 3.34. The van der Waals surface area contributed by atoms with Crippen molar-refractivity contribution < 1.29 is 9.26 Å². The van der Waals surface area contributed by atoms with Crippen molar-refractivity contribution in [3.05, 3.63) is 17.0 Å². The summed E-state index contributed by atoms with van der Waals surface area (Å²) in [6.45, 7) is 11.3. The van der Waals surface area contributed by atoms with E-state index in [4.69, 9.17) is 9.26 Å². The molecule has 1 aromatic heterocycles. The molecule has 0 radical (unpaired) electrons. The van der Waals surface area contributed by atoms with Gasteiger partial charge >= 0.3 is 0 Å². The lowest BCUT2D eigenvalue weighted by atomic mass is 10.0. The van der Waals surface area contributed by atoms with Crippen molar-refractivity contribution in [2.45, 2.75) is 53.1 Å². The van der Waals surface area contributed by atoms with Crippen LogP contribution in [0, 0.1) is 19.8 Å². The van der Waals surface area contributed by atoms with Crippen LogP contribution in [0.2, 0.25) is 0 Å². The summed E-state index contributed by atoms with van der Waals surface area (Å²) < 4.78 is 10.4. The predicted octanol–water partition coefficient (Wildman–Crippen LogP) is 2.48. The van der Waals surface area contributed by atoms with E-state index in [2.05, 4.69) is 31.2 Å². The summed E-state index contributed by atoms with van der Waals surface area (Å²) in [5, 5.41) is 7.61. The first-order valence-corrected chi connectivity index (χ1v) is 6.62. The predicted molar refractivity (Wildman–Crippen MR) is 72.8 cm³/mol. The average molecular weight is 254 g/mol. The van der Waals surface area contributed by atoms with Crippen LogP contribution in [0.5, 0.6) is 0 Å². The van der Waals surface area contributed by atoms with Crippen LogP contribution in [-0.4, -0.2) is 31.0 Å². The highest BCUT2D eigenvalue weighted by Crippen LogP contribution is 2.15. The maximum atomic E-state index is 5.26. The Labute approximate surface area is 110 Å². The summed E-state index contributed by atoms with van der Waals surface area (Å²) in [6.07, 6.45) is 0.939. The van der Waals surface area contributed by atoms with Crippen molar-refractivity contribution >= 4 is 0 Å². The van der Waals surface area contributed by atoms with Gasteiger partial charge in [-0.15, -0.1) is 0 Å². The zero-order chi connectivity index (χ0) is 13.7. The van der Waals surface area contributed by atoms with E-state index in [1.54, 1.807) is 7.11 Å². The number of aromatic nitrogens is 1. The molecule has 0 fully saturated rings. The SMILES string of the molecule is COCC(NC(C)Cc1c(C)noc1C)C(C)C. The summed E-state index contributed by atoms with van der Waals surface area (Å²) >= 11 is 0. The molecule has 0 saturated carbocycles. The molecule has 18 heavy (non-hydrogen) atoms. The van der Waals surface area contributed by atoms with Crippen molar-refractivity contribution in [2.24, 2.45) is 5.92 Å². The molecular formula is C14H26N2O2. The second-order valence-corrected chi connectivity index (χ2v) is 5.38. The molecule has 1 rings (SSSR count). The van der Waals surface area contributed by atoms with Crippen molar-refractivity contribution in [2.75, 3.05) is 13.7 Å². The smallest absolute Gasteiger partial charge is 0.137 e. The van der Waals surface area contributed by atoms with E-state index < -0.39 is 0 Å². The number of aryl methyl sites for hydroxylation is 2. The molecule has 104 valence electrons. The molecule has 1 aromatic rings. The maximum absolute atomic E-state index is 5.26. The topological polar surface area (TPSA) is 47.3 Å². The zero-order valence-corrected chi connectivity index (χ0v) is 12.4. The summed E-state index contributed by atoms with van der Waals surface area (Å²) in [4.78, 5) is 0. The monoisotopic (exact) mass is 254 g/mol. The first-order valence-electron chi connectivity index (χ1n) is 6.62. The van der Waals surface area contributed by atoms with Gasteiger partial charge in [-0.05, 0) is 33.1 Å². The fourth-order valence-electron chi connectivity index (χ4n) is 2.14. The Morgan fingerprint density at radius 2 is 1.94 bits per heavy atom. The first-order chi connectivity index (χ1) is 8.45. The molecule has 0 spiro atoms. The summed E-state index contributed by atoms with van der Waals surface area (Å²) in [7, 11) is 1.75. The third kappa shape index (κ3) is 4.10. The van der Waals surface area contributed by atoms with E-state index >= 15 is 0 Å². The number of hydrogen-bond donors (Lipinski definition) is 1. The van der Waals surface area contributed by atoms with Gasteiger partial charge in [0.1, 0.15) is 5.76 Å². The minimum atomic E-state index is 0.379. The second-order valence-electron chi connectivity index (χ2n) is 5.38. The molecule has 2 atom stereocenters. The lowest BCUT2D eigenvalue weighted by Gasteiger charge is -2.25. The van der Waals surface area contributed by atoms with Gasteiger partial charge in [0.25, 0.3) is 0 Å². The van der Waals surface area contributed by atoms with Gasteiger partial charge < -0.3 is 14.6 Å². The number of nitrogens with one attached hydrogen (secondary N) is 1. The zero-order valence-electron chi connectivity index (χ0n) is 12.4. The van der Waals surface area contributed by atoms with Crippen LogP contribution in [0.15, 0.2) is 4.52 Å². The molecule has 0 bridgehead atoms. The number of ether oxygens (including phenoxy) is 1.